The van der Waals surface area contributed by atoms with Crippen molar-refractivity contribution in [1.82, 2.24) is 0 Å². The first-order chi connectivity index (χ1) is 12.7. The minimum atomic E-state index is 0.151. The number of nitriles is 1. The highest BCUT2D eigenvalue weighted by Gasteiger charge is 3.25. The summed E-state index contributed by atoms with van der Waals surface area (Å²) in [5.41, 5.74) is 0.891. The summed E-state index contributed by atoms with van der Waals surface area (Å²) in [4.78, 5) is 27.0. The number of carbonyl (C=O) groups is 2. The number of fused-ring (bicyclic) bond motifs is 1. The van der Waals surface area contributed by atoms with E-state index in [2.05, 4.69) is 6.07 Å². The molecule has 13 aliphatic carbocycles. The second-order valence-corrected chi connectivity index (χ2v) is 12.4. The predicted octanol–water partition coefficient (Wildman–Crippen LogP) is 0.726. The fourth-order valence-electron chi connectivity index (χ4n) is 17.2. The van der Waals surface area contributed by atoms with Crippen molar-refractivity contribution in [2.45, 2.75) is 6.10 Å². The fourth-order valence-corrected chi connectivity index (χ4v) is 17.2. The van der Waals surface area contributed by atoms with Crippen LogP contribution in [-0.4, -0.2) is 17.9 Å². The first kappa shape index (κ1) is 10.8. The lowest BCUT2D eigenvalue weighted by Crippen LogP contribution is -2.73. The van der Waals surface area contributed by atoms with Crippen LogP contribution in [0, 0.1) is 116 Å². The molecule has 2 aliphatic heterocycles. The highest BCUT2D eigenvalue weighted by Crippen LogP contribution is 3.23. The van der Waals surface area contributed by atoms with Crippen molar-refractivity contribution in [3.8, 4) is 6.07 Å². The Balaban J connectivity index is 1.45. The van der Waals surface area contributed by atoms with Crippen LogP contribution in [0.1, 0.15) is 0 Å². The van der Waals surface area contributed by atoms with Gasteiger partial charge in [0.1, 0.15) is 11.9 Å². The number of esters is 1. The van der Waals surface area contributed by atoms with Crippen LogP contribution in [0.4, 0.5) is 0 Å². The van der Waals surface area contributed by atoms with Gasteiger partial charge in [0, 0.05) is 23.7 Å². The van der Waals surface area contributed by atoms with E-state index in [-0.39, 0.29) is 57.4 Å². The fraction of sp³-hybridized carbons (Fsp3) is 0.864. The molecule has 0 N–H and O–H groups in total. The normalized spacial score (nSPS) is 95.6. The average Bonchev–Trinajstić information content (AvgIpc) is 3.39. The van der Waals surface area contributed by atoms with Gasteiger partial charge in [0.15, 0.2) is 0 Å². The van der Waals surface area contributed by atoms with Crippen molar-refractivity contribution in [3.05, 3.63) is 0 Å². The van der Waals surface area contributed by atoms with Crippen LogP contribution in [0.15, 0.2) is 0 Å². The molecule has 0 radical (unpaired) electrons. The standard InChI is InChI=1S/C22H15NO3/c23-1-2-8-3-4-9(2)20-13-6-5-12(16(13)24)19(8,20)21-10(3)7-11(4)22(20,21)15(6)17(14(5)21)26-18(7)25/h2-15,17H. The van der Waals surface area contributed by atoms with E-state index in [1.807, 2.05) is 0 Å². The number of Topliss-reactive ketones (excluding diaryl/α,β-unsaturated/α-hetero) is 1. The van der Waals surface area contributed by atoms with Gasteiger partial charge < -0.3 is 4.74 Å². The molecule has 16 atom stereocenters. The molecule has 16 unspecified atom stereocenters. The SMILES string of the molecule is N#CC1C2C3C4C1C15C6C(=O)C7C8C6C6C9OC(=O)C%10C3C(C98)(C721)C65C%104. The first-order valence-electron chi connectivity index (χ1n) is 10.9. The van der Waals surface area contributed by atoms with Crippen molar-refractivity contribution in [2.24, 2.45) is 105 Å². The molecule has 12 bridgehead atoms. The summed E-state index contributed by atoms with van der Waals surface area (Å²) < 4.78 is 6.31. The van der Waals surface area contributed by atoms with E-state index in [9.17, 15) is 14.9 Å². The number of rotatable bonds is 0. The van der Waals surface area contributed by atoms with E-state index in [4.69, 9.17) is 4.74 Å². The zero-order valence-electron chi connectivity index (χ0n) is 13.8. The highest BCUT2D eigenvalue weighted by molar-refractivity contribution is 6.00. The Hall–Kier alpha value is -1.37. The molecular formula is C22H15NO3. The highest BCUT2D eigenvalue weighted by atomic mass is 16.5. The Labute approximate surface area is 148 Å². The van der Waals surface area contributed by atoms with Gasteiger partial charge in [-0.3, -0.25) is 9.59 Å². The van der Waals surface area contributed by atoms with Gasteiger partial charge in [0.2, 0.25) is 0 Å². The molecular weight excluding hydrogens is 326 g/mol. The largest absolute Gasteiger partial charge is 0.461 e. The Kier molecular flexibility index (Phi) is 0.882. The average molecular weight is 341 g/mol. The third-order valence-corrected chi connectivity index (χ3v) is 14.6. The van der Waals surface area contributed by atoms with Crippen LogP contribution < -0.4 is 0 Å². The Morgan fingerprint density at radius 1 is 0.769 bits per heavy atom. The van der Waals surface area contributed by atoms with Gasteiger partial charge in [-0.1, -0.05) is 0 Å². The molecule has 15 aliphatic rings. The second-order valence-electron chi connectivity index (χ2n) is 12.4. The van der Waals surface area contributed by atoms with Gasteiger partial charge in [-0.25, -0.2) is 0 Å². The molecule has 0 aromatic heterocycles. The minimum Gasteiger partial charge on any atom is -0.461 e. The Bertz CT molecular complexity index is 1070. The van der Waals surface area contributed by atoms with Gasteiger partial charge >= 0.3 is 5.97 Å². The molecule has 4 spiro atoms. The third-order valence-electron chi connectivity index (χ3n) is 14.6. The van der Waals surface area contributed by atoms with Crippen molar-refractivity contribution in [1.29, 1.82) is 5.26 Å². The molecule has 0 aromatic carbocycles. The van der Waals surface area contributed by atoms with E-state index >= 15 is 0 Å². The van der Waals surface area contributed by atoms with Crippen LogP contribution >= 0.6 is 0 Å². The summed E-state index contributed by atoms with van der Waals surface area (Å²) in [6.07, 6.45) is 0.162. The van der Waals surface area contributed by atoms with Gasteiger partial charge in [-0.05, 0) is 69.0 Å². The van der Waals surface area contributed by atoms with Gasteiger partial charge in [0.05, 0.1) is 17.9 Å². The number of ether oxygens (including phenoxy) is 1. The molecule has 0 aromatic rings. The maximum atomic E-state index is 13.7. The molecule has 2 heterocycles. The third kappa shape index (κ3) is 0.391. The van der Waals surface area contributed by atoms with Crippen molar-refractivity contribution >= 4 is 11.8 Å². The van der Waals surface area contributed by atoms with Crippen LogP contribution in [0.2, 0.25) is 0 Å². The lowest BCUT2D eigenvalue weighted by Gasteiger charge is -2.73. The van der Waals surface area contributed by atoms with Gasteiger partial charge in [-0.15, -0.1) is 0 Å². The Morgan fingerprint density at radius 3 is 1.88 bits per heavy atom. The predicted molar refractivity (Wildman–Crippen MR) is 79.1 cm³/mol. The summed E-state index contributed by atoms with van der Waals surface area (Å²) in [5.74, 6) is 6.98. The summed E-state index contributed by atoms with van der Waals surface area (Å²) in [5, 5.41) is 10.2. The quantitative estimate of drug-likeness (QED) is 0.609. The van der Waals surface area contributed by atoms with E-state index in [0.29, 0.717) is 65.0 Å². The van der Waals surface area contributed by atoms with Crippen LogP contribution in [0.25, 0.3) is 0 Å². The lowest BCUT2D eigenvalue weighted by molar-refractivity contribution is -0.297. The van der Waals surface area contributed by atoms with Crippen LogP contribution in [-0.2, 0) is 14.3 Å². The molecule has 126 valence electrons. The molecule has 26 heavy (non-hydrogen) atoms. The number of hydrogen-bond acceptors (Lipinski definition) is 4. The van der Waals surface area contributed by atoms with E-state index in [1.165, 1.54) is 0 Å². The van der Waals surface area contributed by atoms with E-state index in [1.54, 1.807) is 0 Å². The number of carbonyl (C=O) groups excluding carboxylic acids is 2. The zero-order valence-corrected chi connectivity index (χ0v) is 13.8. The zero-order chi connectivity index (χ0) is 16.2. The summed E-state index contributed by atoms with van der Waals surface area (Å²) >= 11 is 0. The maximum absolute atomic E-state index is 13.7. The molecule has 4 nitrogen and oxygen atoms in total. The second kappa shape index (κ2) is 2.12. The first-order valence-corrected chi connectivity index (χ1v) is 10.9. The minimum absolute atomic E-state index is 0.151. The molecule has 4 heteroatoms. The summed E-state index contributed by atoms with van der Waals surface area (Å²) in [7, 11) is 0. The van der Waals surface area contributed by atoms with Crippen LogP contribution in [0.5, 0.6) is 0 Å². The summed E-state index contributed by atoms with van der Waals surface area (Å²) in [6, 6.07) is 2.81. The molecule has 13 saturated carbocycles. The summed E-state index contributed by atoms with van der Waals surface area (Å²) in [6.45, 7) is 0. The van der Waals surface area contributed by atoms with E-state index < -0.39 is 0 Å². The smallest absolute Gasteiger partial charge is 0.309 e. The van der Waals surface area contributed by atoms with Crippen molar-refractivity contribution in [3.63, 3.8) is 0 Å². The van der Waals surface area contributed by atoms with Gasteiger partial charge in [-0.2, -0.15) is 5.26 Å². The molecule has 15 fully saturated rings. The van der Waals surface area contributed by atoms with Crippen LogP contribution in [0.3, 0.4) is 0 Å². The number of nitrogens with zero attached hydrogens (tertiary/aromatic N) is 1. The van der Waals surface area contributed by atoms with Crippen molar-refractivity contribution < 1.29 is 14.3 Å². The maximum Gasteiger partial charge on any atom is 0.309 e. The molecule has 15 rings (SSSR count). The number of ketones is 1. The van der Waals surface area contributed by atoms with Crippen molar-refractivity contribution in [2.75, 3.05) is 0 Å². The topological polar surface area (TPSA) is 67.2 Å². The van der Waals surface area contributed by atoms with Gasteiger partial charge in [0.25, 0.3) is 0 Å². The Morgan fingerprint density at radius 2 is 1.35 bits per heavy atom. The monoisotopic (exact) mass is 341 g/mol. The van der Waals surface area contributed by atoms with E-state index in [0.717, 1.165) is 0 Å². The number of hydrogen-bond donors (Lipinski definition) is 0. The molecule has 2 saturated heterocycles. The lowest BCUT2D eigenvalue weighted by atomic mass is 9.28. The molecule has 0 amide bonds.